The molecule has 1 saturated heterocycles. The minimum atomic E-state index is -0.122. The van der Waals surface area contributed by atoms with Gasteiger partial charge in [0.2, 0.25) is 0 Å². The van der Waals surface area contributed by atoms with Crippen molar-refractivity contribution in [1.29, 1.82) is 0 Å². The normalized spacial score (nSPS) is 24.1. The summed E-state index contributed by atoms with van der Waals surface area (Å²) < 4.78 is 0. The van der Waals surface area contributed by atoms with Crippen LogP contribution < -0.4 is 0 Å². The zero-order valence-electron chi connectivity index (χ0n) is 10.4. The van der Waals surface area contributed by atoms with Crippen molar-refractivity contribution in [3.8, 4) is 5.75 Å². The fourth-order valence-corrected chi connectivity index (χ4v) is 3.69. The first-order valence-corrected chi connectivity index (χ1v) is 7.22. The van der Waals surface area contributed by atoms with E-state index in [1.54, 1.807) is 17.0 Å². The van der Waals surface area contributed by atoms with Crippen LogP contribution in [0.3, 0.4) is 0 Å². The standard InChI is InChI=1S/C13H16ClNO2S/c1-8-6-15(7-9(2)18-8)13(17)11-4-3-10(14)5-12(11)16/h3-5,8-9,16H,6-7H2,1-2H3. The number of amides is 1. The van der Waals surface area contributed by atoms with Gasteiger partial charge in [0, 0.05) is 28.6 Å². The maximum absolute atomic E-state index is 12.3. The molecule has 98 valence electrons. The predicted octanol–water partition coefficient (Wildman–Crippen LogP) is 3.01. The van der Waals surface area contributed by atoms with Gasteiger partial charge >= 0.3 is 0 Å². The Morgan fingerprint density at radius 1 is 1.39 bits per heavy atom. The van der Waals surface area contributed by atoms with Crippen LogP contribution in [0.4, 0.5) is 0 Å². The summed E-state index contributed by atoms with van der Waals surface area (Å²) in [6.07, 6.45) is 0. The number of hydrogen-bond acceptors (Lipinski definition) is 3. The predicted molar refractivity (Wildman–Crippen MR) is 75.5 cm³/mol. The van der Waals surface area contributed by atoms with Crippen molar-refractivity contribution in [3.63, 3.8) is 0 Å². The highest BCUT2D eigenvalue weighted by atomic mass is 35.5. The molecule has 1 aliphatic rings. The summed E-state index contributed by atoms with van der Waals surface area (Å²) in [6, 6.07) is 4.61. The highest BCUT2D eigenvalue weighted by Gasteiger charge is 2.27. The quantitative estimate of drug-likeness (QED) is 0.862. The van der Waals surface area contributed by atoms with Gasteiger partial charge in [0.25, 0.3) is 5.91 Å². The Kier molecular flexibility index (Phi) is 4.07. The van der Waals surface area contributed by atoms with E-state index in [9.17, 15) is 9.90 Å². The Balaban J connectivity index is 2.20. The van der Waals surface area contributed by atoms with E-state index in [2.05, 4.69) is 13.8 Å². The monoisotopic (exact) mass is 285 g/mol. The van der Waals surface area contributed by atoms with E-state index < -0.39 is 0 Å². The molecular weight excluding hydrogens is 270 g/mol. The van der Waals surface area contributed by atoms with E-state index in [-0.39, 0.29) is 11.7 Å². The number of hydrogen-bond donors (Lipinski definition) is 1. The Bertz CT molecular complexity index is 456. The largest absolute Gasteiger partial charge is 0.507 e. The number of carbonyl (C=O) groups excluding carboxylic acids is 1. The summed E-state index contributed by atoms with van der Waals surface area (Å²) in [7, 11) is 0. The number of phenolic OH excluding ortho intramolecular Hbond substituents is 1. The Labute approximate surface area is 116 Å². The van der Waals surface area contributed by atoms with Gasteiger partial charge in [0.05, 0.1) is 5.56 Å². The Morgan fingerprint density at radius 3 is 2.56 bits per heavy atom. The molecule has 2 atom stereocenters. The molecule has 2 unspecified atom stereocenters. The van der Waals surface area contributed by atoms with Gasteiger partial charge in [0.15, 0.2) is 0 Å². The van der Waals surface area contributed by atoms with Crippen LogP contribution in [0, 0.1) is 0 Å². The van der Waals surface area contributed by atoms with Crippen molar-refractivity contribution in [2.75, 3.05) is 13.1 Å². The molecule has 0 aromatic heterocycles. The molecule has 0 saturated carbocycles. The van der Waals surface area contributed by atoms with Gasteiger partial charge in [-0.15, -0.1) is 0 Å². The van der Waals surface area contributed by atoms with Crippen LogP contribution in [0.25, 0.3) is 0 Å². The van der Waals surface area contributed by atoms with E-state index in [1.807, 2.05) is 11.8 Å². The third kappa shape index (κ3) is 2.93. The number of carbonyl (C=O) groups is 1. The van der Waals surface area contributed by atoms with Gasteiger partial charge in [-0.05, 0) is 18.2 Å². The maximum Gasteiger partial charge on any atom is 0.257 e. The fraction of sp³-hybridized carbons (Fsp3) is 0.462. The molecule has 1 amide bonds. The highest BCUT2D eigenvalue weighted by molar-refractivity contribution is 8.00. The average Bonchev–Trinajstić information content (AvgIpc) is 2.26. The van der Waals surface area contributed by atoms with Crippen molar-refractivity contribution in [2.24, 2.45) is 0 Å². The molecule has 1 aromatic carbocycles. The van der Waals surface area contributed by atoms with Gasteiger partial charge in [-0.25, -0.2) is 0 Å². The van der Waals surface area contributed by atoms with E-state index >= 15 is 0 Å². The molecule has 0 aliphatic carbocycles. The number of phenols is 1. The Morgan fingerprint density at radius 2 is 2.00 bits per heavy atom. The second kappa shape index (κ2) is 5.41. The molecule has 1 heterocycles. The number of nitrogens with zero attached hydrogens (tertiary/aromatic N) is 1. The molecule has 2 rings (SSSR count). The zero-order valence-corrected chi connectivity index (χ0v) is 12.0. The SMILES string of the molecule is CC1CN(C(=O)c2ccc(Cl)cc2O)CC(C)S1. The maximum atomic E-state index is 12.3. The van der Waals surface area contributed by atoms with E-state index in [1.165, 1.54) is 6.07 Å². The molecule has 0 bridgehead atoms. The number of aromatic hydroxyl groups is 1. The molecule has 0 spiro atoms. The van der Waals surface area contributed by atoms with Crippen LogP contribution in [0.5, 0.6) is 5.75 Å². The smallest absolute Gasteiger partial charge is 0.257 e. The van der Waals surface area contributed by atoms with Crippen LogP contribution >= 0.6 is 23.4 Å². The number of benzene rings is 1. The molecule has 18 heavy (non-hydrogen) atoms. The molecule has 0 radical (unpaired) electrons. The van der Waals surface area contributed by atoms with Gasteiger partial charge < -0.3 is 10.0 Å². The second-order valence-electron chi connectivity index (χ2n) is 4.63. The van der Waals surface area contributed by atoms with Crippen molar-refractivity contribution in [3.05, 3.63) is 28.8 Å². The van der Waals surface area contributed by atoms with Crippen LogP contribution in [0.2, 0.25) is 5.02 Å². The number of thioether (sulfide) groups is 1. The van der Waals surface area contributed by atoms with E-state index in [4.69, 9.17) is 11.6 Å². The van der Waals surface area contributed by atoms with E-state index in [0.717, 1.165) is 13.1 Å². The minimum absolute atomic E-state index is 0.0500. The highest BCUT2D eigenvalue weighted by Crippen LogP contribution is 2.28. The zero-order chi connectivity index (χ0) is 13.3. The summed E-state index contributed by atoms with van der Waals surface area (Å²) in [5.41, 5.74) is 0.325. The summed E-state index contributed by atoms with van der Waals surface area (Å²) in [4.78, 5) is 14.1. The summed E-state index contributed by atoms with van der Waals surface area (Å²) in [6.45, 7) is 5.66. The first-order chi connectivity index (χ1) is 8.47. The van der Waals surface area contributed by atoms with Crippen LogP contribution in [0.1, 0.15) is 24.2 Å². The third-order valence-corrected chi connectivity index (χ3v) is 4.36. The molecule has 1 aromatic rings. The molecular formula is C13H16ClNO2S. The van der Waals surface area contributed by atoms with Crippen molar-refractivity contribution < 1.29 is 9.90 Å². The minimum Gasteiger partial charge on any atom is -0.507 e. The first-order valence-electron chi connectivity index (χ1n) is 5.90. The molecule has 5 heteroatoms. The summed E-state index contributed by atoms with van der Waals surface area (Å²) in [5.74, 6) is -0.172. The van der Waals surface area contributed by atoms with Crippen LogP contribution in [-0.4, -0.2) is 39.5 Å². The van der Waals surface area contributed by atoms with E-state index in [0.29, 0.717) is 21.1 Å². The van der Waals surface area contributed by atoms with Gasteiger partial charge in [-0.2, -0.15) is 11.8 Å². The van der Waals surface area contributed by atoms with Crippen molar-refractivity contribution in [2.45, 2.75) is 24.3 Å². The number of rotatable bonds is 1. The lowest BCUT2D eigenvalue weighted by atomic mass is 10.1. The lowest BCUT2D eigenvalue weighted by molar-refractivity contribution is 0.0750. The summed E-state index contributed by atoms with van der Waals surface area (Å²) in [5, 5.41) is 11.1. The molecule has 1 aliphatic heterocycles. The number of halogens is 1. The van der Waals surface area contributed by atoms with Gasteiger partial charge in [-0.1, -0.05) is 25.4 Å². The average molecular weight is 286 g/mol. The molecule has 3 nitrogen and oxygen atoms in total. The van der Waals surface area contributed by atoms with Crippen molar-refractivity contribution in [1.82, 2.24) is 4.90 Å². The van der Waals surface area contributed by atoms with Crippen LogP contribution in [0.15, 0.2) is 18.2 Å². The van der Waals surface area contributed by atoms with Gasteiger partial charge in [-0.3, -0.25) is 4.79 Å². The second-order valence-corrected chi connectivity index (χ2v) is 6.95. The third-order valence-electron chi connectivity index (χ3n) is 2.90. The molecule has 1 fully saturated rings. The van der Waals surface area contributed by atoms with Gasteiger partial charge in [0.1, 0.15) is 5.75 Å². The van der Waals surface area contributed by atoms with Crippen molar-refractivity contribution >= 4 is 29.3 Å². The van der Waals surface area contributed by atoms with Crippen LogP contribution in [-0.2, 0) is 0 Å². The topological polar surface area (TPSA) is 40.5 Å². The summed E-state index contributed by atoms with van der Waals surface area (Å²) >= 11 is 7.65. The lowest BCUT2D eigenvalue weighted by Crippen LogP contribution is -2.44. The molecule has 1 N–H and O–H groups in total. The first kappa shape index (κ1) is 13.6. The Hall–Kier alpha value is -0.870. The fourth-order valence-electron chi connectivity index (χ4n) is 2.20. The lowest BCUT2D eigenvalue weighted by Gasteiger charge is -2.34.